The van der Waals surface area contributed by atoms with Crippen molar-refractivity contribution in [1.29, 1.82) is 0 Å². The van der Waals surface area contributed by atoms with Crippen LogP contribution in [0.15, 0.2) is 0 Å². The average Bonchev–Trinajstić information content (AvgIpc) is 2.37. The standard InChI is InChI=1S/C5H12O21S4/c6-2(23-27(10,11)12)1(3(7)24-28(13,14)15)5(9,25-29(16,17)18)4(8)22-26-30(19,20)21/h1-4,6-9H,(H,10,11,12)(H,13,14,15)(H,16,17,18)(H,19,20,21)/p-4. The van der Waals surface area contributed by atoms with E-state index in [9.17, 15) is 72.3 Å². The Hall–Kier alpha value is -0.720. The first kappa shape index (κ1) is 29.3. The summed E-state index contributed by atoms with van der Waals surface area (Å²) in [5, 5.41) is 38.3. The summed E-state index contributed by atoms with van der Waals surface area (Å²) in [6, 6.07) is 0. The van der Waals surface area contributed by atoms with E-state index in [1.165, 1.54) is 0 Å². The Labute approximate surface area is 166 Å². The third-order valence-electron chi connectivity index (χ3n) is 2.33. The first-order chi connectivity index (χ1) is 13.0. The van der Waals surface area contributed by atoms with Gasteiger partial charge in [-0.25, -0.2) is 46.2 Å². The van der Waals surface area contributed by atoms with Gasteiger partial charge in [-0.1, -0.05) is 0 Å². The predicted molar refractivity (Wildman–Crippen MR) is 70.7 cm³/mol. The van der Waals surface area contributed by atoms with E-state index in [1.807, 2.05) is 0 Å². The highest BCUT2D eigenvalue weighted by Crippen LogP contribution is 2.34. The Morgan fingerprint density at radius 3 is 1.30 bits per heavy atom. The molecule has 25 heteroatoms. The van der Waals surface area contributed by atoms with Gasteiger partial charge in [0.25, 0.3) is 0 Å². The summed E-state index contributed by atoms with van der Waals surface area (Å²) >= 11 is 0. The van der Waals surface area contributed by atoms with Crippen molar-refractivity contribution in [2.24, 2.45) is 5.92 Å². The Kier molecular flexibility index (Phi) is 9.59. The molecular formula is C5H8O21S4-4. The lowest BCUT2D eigenvalue weighted by Crippen LogP contribution is -2.61. The highest BCUT2D eigenvalue weighted by atomic mass is 32.3. The van der Waals surface area contributed by atoms with E-state index in [0.717, 1.165) is 0 Å². The Morgan fingerprint density at radius 1 is 0.667 bits per heavy atom. The molecule has 0 aromatic heterocycles. The topological polar surface area (TPSA) is 356 Å². The zero-order valence-corrected chi connectivity index (χ0v) is 16.4. The van der Waals surface area contributed by atoms with Crippen molar-refractivity contribution >= 4 is 41.6 Å². The maximum absolute atomic E-state index is 10.7. The summed E-state index contributed by atoms with van der Waals surface area (Å²) < 4.78 is 139. The van der Waals surface area contributed by atoms with E-state index in [4.69, 9.17) is 0 Å². The van der Waals surface area contributed by atoms with Crippen molar-refractivity contribution in [3.8, 4) is 0 Å². The van der Waals surface area contributed by atoms with E-state index >= 15 is 0 Å². The highest BCUT2D eigenvalue weighted by Gasteiger charge is 2.57. The molecule has 0 aliphatic carbocycles. The number of hydrogen-bond donors (Lipinski definition) is 4. The fourth-order valence-electron chi connectivity index (χ4n) is 1.49. The molecule has 21 nitrogen and oxygen atoms in total. The number of aliphatic hydroxyl groups is 4. The van der Waals surface area contributed by atoms with Gasteiger partial charge in [-0.15, -0.1) is 4.33 Å². The van der Waals surface area contributed by atoms with Gasteiger partial charge in [-0.05, 0) is 0 Å². The molecule has 0 fully saturated rings. The molecule has 0 aliphatic heterocycles. The molecule has 0 saturated carbocycles. The van der Waals surface area contributed by atoms with E-state index in [1.54, 1.807) is 0 Å². The van der Waals surface area contributed by atoms with Gasteiger partial charge in [0.2, 0.25) is 53.7 Å². The zero-order valence-electron chi connectivity index (χ0n) is 13.2. The van der Waals surface area contributed by atoms with Crippen LogP contribution in [0.4, 0.5) is 0 Å². The van der Waals surface area contributed by atoms with E-state index in [2.05, 4.69) is 21.8 Å². The second-order valence-corrected chi connectivity index (χ2v) is 8.44. The highest BCUT2D eigenvalue weighted by molar-refractivity contribution is 7.81. The number of rotatable bonds is 13. The molecule has 0 saturated heterocycles. The number of hydrogen-bond acceptors (Lipinski definition) is 21. The summed E-state index contributed by atoms with van der Waals surface area (Å²) in [7, 11) is -24.5. The summed E-state index contributed by atoms with van der Waals surface area (Å²) in [5.74, 6) is -8.53. The molecule has 30 heavy (non-hydrogen) atoms. The van der Waals surface area contributed by atoms with Crippen molar-refractivity contribution in [1.82, 2.24) is 0 Å². The van der Waals surface area contributed by atoms with Crippen molar-refractivity contribution in [3.05, 3.63) is 0 Å². The van der Waals surface area contributed by atoms with E-state index < -0.39 is 72.2 Å². The second kappa shape index (κ2) is 9.83. The largest absolute Gasteiger partial charge is 0.725 e. The van der Waals surface area contributed by atoms with Crippen LogP contribution in [0.1, 0.15) is 0 Å². The Balaban J connectivity index is 6.53. The zero-order chi connectivity index (χ0) is 24.3. The maximum Gasteiger partial charge on any atom is 0.249 e. The van der Waals surface area contributed by atoms with Gasteiger partial charge < -0.3 is 38.6 Å². The molecule has 0 radical (unpaired) electrons. The smallest absolute Gasteiger partial charge is 0.249 e. The molecule has 0 rings (SSSR count). The molecule has 0 spiro atoms. The van der Waals surface area contributed by atoms with Crippen LogP contribution in [-0.4, -0.2) is 97.0 Å². The third kappa shape index (κ3) is 11.1. The minimum absolute atomic E-state index is 2.89. The van der Waals surface area contributed by atoms with Crippen LogP contribution in [0.25, 0.3) is 0 Å². The van der Waals surface area contributed by atoms with Gasteiger partial charge in [0.1, 0.15) is 5.92 Å². The van der Waals surface area contributed by atoms with Crippen molar-refractivity contribution in [2.45, 2.75) is 24.7 Å². The van der Waals surface area contributed by atoms with Crippen LogP contribution in [0.3, 0.4) is 0 Å². The first-order valence-corrected chi connectivity index (χ1v) is 11.3. The van der Waals surface area contributed by atoms with Gasteiger partial charge in [0, 0.05) is 0 Å². The van der Waals surface area contributed by atoms with Gasteiger partial charge in [-0.3, -0.25) is 0 Å². The first-order valence-electron chi connectivity index (χ1n) is 5.99. The lowest BCUT2D eigenvalue weighted by Gasteiger charge is -2.41. The van der Waals surface area contributed by atoms with Gasteiger partial charge >= 0.3 is 0 Å². The SMILES string of the molecule is O=S(=O)([O-])OOC(O)C(O)(OS(=O)(=O)[O-])C(C(O)OS(=O)(=O)[O-])C(O)OS(=O)(=O)[O-]. The lowest BCUT2D eigenvalue weighted by molar-refractivity contribution is -0.417. The molecule has 182 valence electrons. The number of aliphatic hydroxyl groups excluding tert-OH is 3. The van der Waals surface area contributed by atoms with E-state index in [0.29, 0.717) is 0 Å². The molecule has 0 aliphatic rings. The summed E-state index contributed by atoms with van der Waals surface area (Å²) in [6.07, 6.45) is -11.4. The molecule has 4 N–H and O–H groups in total. The summed E-state index contributed by atoms with van der Waals surface area (Å²) in [6.45, 7) is 0. The molecule has 0 bridgehead atoms. The monoisotopic (exact) mass is 532 g/mol. The van der Waals surface area contributed by atoms with Crippen LogP contribution >= 0.6 is 0 Å². The summed E-state index contributed by atoms with van der Waals surface area (Å²) in [4.78, 5) is 3.25. The molecule has 0 heterocycles. The molecule has 0 aromatic carbocycles. The molecule has 0 amide bonds. The normalized spacial score (nSPS) is 20.1. The van der Waals surface area contributed by atoms with Crippen LogP contribution in [0, 0.1) is 5.92 Å². The van der Waals surface area contributed by atoms with Crippen molar-refractivity contribution in [3.63, 3.8) is 0 Å². The fourth-order valence-corrected chi connectivity index (χ4v) is 2.90. The van der Waals surface area contributed by atoms with Crippen LogP contribution in [0.2, 0.25) is 0 Å². The van der Waals surface area contributed by atoms with Crippen LogP contribution in [-0.2, 0) is 63.4 Å². The maximum atomic E-state index is 10.7. The van der Waals surface area contributed by atoms with Gasteiger partial charge in [-0.2, -0.15) is 4.89 Å². The Bertz CT molecular complexity index is 950. The molecular weight excluding hydrogens is 524 g/mol. The van der Waals surface area contributed by atoms with Crippen LogP contribution in [0.5, 0.6) is 0 Å². The fraction of sp³-hybridized carbons (Fsp3) is 1.00. The molecule has 4 unspecified atom stereocenters. The lowest BCUT2D eigenvalue weighted by atomic mass is 9.96. The Morgan fingerprint density at radius 2 is 1.03 bits per heavy atom. The average molecular weight is 532 g/mol. The summed E-state index contributed by atoms with van der Waals surface area (Å²) in [5.41, 5.74) is 0. The minimum Gasteiger partial charge on any atom is -0.725 e. The molecule has 4 atom stereocenters. The quantitative estimate of drug-likeness (QED) is 0.0562. The third-order valence-corrected chi connectivity index (χ3v) is 3.91. The minimum atomic E-state index is -6.39. The molecule has 0 aromatic rings. The van der Waals surface area contributed by atoms with Crippen LogP contribution < -0.4 is 0 Å². The van der Waals surface area contributed by atoms with E-state index in [-0.39, 0.29) is 0 Å². The predicted octanol–water partition coefficient (Wildman–Crippen LogP) is -6.91. The van der Waals surface area contributed by atoms with Crippen molar-refractivity contribution < 1.29 is 94.1 Å². The second-order valence-electron chi connectivity index (χ2n) is 4.48. The van der Waals surface area contributed by atoms with Gasteiger partial charge in [0.15, 0.2) is 12.6 Å². The van der Waals surface area contributed by atoms with Crippen molar-refractivity contribution in [2.75, 3.05) is 0 Å². The van der Waals surface area contributed by atoms with Gasteiger partial charge in [0.05, 0.1) is 0 Å².